The van der Waals surface area contributed by atoms with Crippen LogP contribution >= 0.6 is 24.8 Å². The Balaban J connectivity index is 0.00000288. The van der Waals surface area contributed by atoms with Crippen LogP contribution in [0.15, 0.2) is 54.6 Å². The monoisotopic (exact) mass is 383 g/mol. The third-order valence-corrected chi connectivity index (χ3v) is 4.00. The molecule has 2 aromatic carbocycles. The molecule has 3 N–H and O–H groups in total. The second-order valence-electron chi connectivity index (χ2n) is 5.67. The van der Waals surface area contributed by atoms with E-state index in [1.54, 1.807) is 0 Å². The number of nitrogens with zero attached hydrogens (tertiary/aromatic N) is 1. The minimum Gasteiger partial charge on any atom is -0.399 e. The van der Waals surface area contributed by atoms with Crippen LogP contribution in [-0.4, -0.2) is 30.9 Å². The Kier molecular flexibility index (Phi) is 10.9. The summed E-state index contributed by atoms with van der Waals surface area (Å²) in [6.45, 7) is 3.48. The van der Waals surface area contributed by atoms with E-state index in [0.717, 1.165) is 24.2 Å². The Hall–Kier alpha value is -1.75. The predicted octanol–water partition coefficient (Wildman–Crippen LogP) is 3.46. The molecule has 6 heteroatoms. The molecule has 0 fully saturated rings. The van der Waals surface area contributed by atoms with Gasteiger partial charge in [0, 0.05) is 12.2 Å². The summed E-state index contributed by atoms with van der Waals surface area (Å²) in [5.74, 6) is 0.0380. The predicted molar refractivity (Wildman–Crippen MR) is 110 cm³/mol. The SMILES string of the molecule is CCN(C)C(C(=O)NCCc1ccc(N)cc1)c1ccccc1.Cl.Cl. The summed E-state index contributed by atoms with van der Waals surface area (Å²) in [7, 11) is 1.97. The van der Waals surface area contributed by atoms with Gasteiger partial charge in [0.05, 0.1) is 0 Å². The minimum atomic E-state index is -0.257. The largest absolute Gasteiger partial charge is 0.399 e. The highest BCUT2D eigenvalue weighted by Crippen LogP contribution is 2.19. The lowest BCUT2D eigenvalue weighted by molar-refractivity contribution is -0.126. The number of hydrogen-bond acceptors (Lipinski definition) is 3. The van der Waals surface area contributed by atoms with Gasteiger partial charge in [-0.15, -0.1) is 24.8 Å². The smallest absolute Gasteiger partial charge is 0.241 e. The van der Waals surface area contributed by atoms with Crippen molar-refractivity contribution >= 4 is 36.4 Å². The summed E-state index contributed by atoms with van der Waals surface area (Å²) in [6, 6.07) is 17.4. The summed E-state index contributed by atoms with van der Waals surface area (Å²) >= 11 is 0. The first-order valence-electron chi connectivity index (χ1n) is 7.99. The van der Waals surface area contributed by atoms with Gasteiger partial charge in [-0.3, -0.25) is 9.69 Å². The van der Waals surface area contributed by atoms with Crippen LogP contribution in [0.5, 0.6) is 0 Å². The average molecular weight is 384 g/mol. The molecule has 0 spiro atoms. The summed E-state index contributed by atoms with van der Waals surface area (Å²) in [5, 5.41) is 3.05. The van der Waals surface area contributed by atoms with Gasteiger partial charge in [0.15, 0.2) is 0 Å². The first kappa shape index (κ1) is 23.2. The van der Waals surface area contributed by atoms with Gasteiger partial charge in [-0.05, 0) is 43.3 Å². The average Bonchev–Trinajstić information content (AvgIpc) is 2.57. The molecule has 0 aliphatic carbocycles. The lowest BCUT2D eigenvalue weighted by atomic mass is 10.0. The van der Waals surface area contributed by atoms with Gasteiger partial charge < -0.3 is 11.1 Å². The van der Waals surface area contributed by atoms with Crippen molar-refractivity contribution < 1.29 is 4.79 Å². The van der Waals surface area contributed by atoms with Gasteiger partial charge in [-0.25, -0.2) is 0 Å². The second-order valence-corrected chi connectivity index (χ2v) is 5.67. The van der Waals surface area contributed by atoms with E-state index in [1.165, 1.54) is 5.56 Å². The van der Waals surface area contributed by atoms with Crippen LogP contribution in [0, 0.1) is 0 Å². The Morgan fingerprint density at radius 1 is 1.08 bits per heavy atom. The minimum absolute atomic E-state index is 0. The highest BCUT2D eigenvalue weighted by Gasteiger charge is 2.23. The molecule has 1 atom stereocenters. The number of rotatable bonds is 7. The van der Waals surface area contributed by atoms with E-state index >= 15 is 0 Å². The molecule has 138 valence electrons. The number of nitrogens with one attached hydrogen (secondary N) is 1. The molecule has 2 aromatic rings. The molecule has 0 saturated carbocycles. The number of halogens is 2. The lowest BCUT2D eigenvalue weighted by Gasteiger charge is -2.26. The molecular weight excluding hydrogens is 357 g/mol. The molecular formula is C19H27Cl2N3O. The maximum absolute atomic E-state index is 12.6. The van der Waals surface area contributed by atoms with E-state index in [0.29, 0.717) is 6.54 Å². The normalized spacial score (nSPS) is 11.2. The fourth-order valence-corrected chi connectivity index (χ4v) is 2.53. The molecule has 1 amide bonds. The van der Waals surface area contributed by atoms with Crippen LogP contribution in [0.25, 0.3) is 0 Å². The fourth-order valence-electron chi connectivity index (χ4n) is 2.53. The zero-order chi connectivity index (χ0) is 16.7. The number of likely N-dealkylation sites (N-methyl/N-ethyl adjacent to an activating group) is 1. The number of amides is 1. The number of carbonyl (C=O) groups excluding carboxylic acids is 1. The van der Waals surface area contributed by atoms with Crippen molar-refractivity contribution in [3.05, 3.63) is 65.7 Å². The third-order valence-electron chi connectivity index (χ3n) is 4.00. The zero-order valence-electron chi connectivity index (χ0n) is 14.6. The molecule has 0 saturated heterocycles. The Bertz CT molecular complexity index is 620. The summed E-state index contributed by atoms with van der Waals surface area (Å²) < 4.78 is 0. The van der Waals surface area contributed by atoms with Crippen LogP contribution in [-0.2, 0) is 11.2 Å². The molecule has 0 aromatic heterocycles. The molecule has 0 bridgehead atoms. The maximum atomic E-state index is 12.6. The number of carbonyl (C=O) groups is 1. The standard InChI is InChI=1S/C19H25N3O.2ClH/c1-3-22(2)18(16-7-5-4-6-8-16)19(23)21-14-13-15-9-11-17(20)12-10-15;;/h4-12,18H,3,13-14,20H2,1-2H3,(H,21,23);2*1H. The number of benzene rings is 2. The summed E-state index contributed by atoms with van der Waals surface area (Å²) in [6.07, 6.45) is 0.795. The maximum Gasteiger partial charge on any atom is 0.241 e. The van der Waals surface area contributed by atoms with E-state index in [4.69, 9.17) is 5.73 Å². The van der Waals surface area contributed by atoms with Crippen LogP contribution in [0.4, 0.5) is 5.69 Å². The van der Waals surface area contributed by atoms with Crippen molar-refractivity contribution in [2.24, 2.45) is 0 Å². The molecule has 0 radical (unpaired) electrons. The molecule has 1 unspecified atom stereocenters. The van der Waals surface area contributed by atoms with Gasteiger partial charge >= 0.3 is 0 Å². The highest BCUT2D eigenvalue weighted by atomic mass is 35.5. The number of nitrogens with two attached hydrogens (primary N) is 1. The number of hydrogen-bond donors (Lipinski definition) is 2. The van der Waals surface area contributed by atoms with Crippen molar-refractivity contribution in [1.29, 1.82) is 0 Å². The Labute approximate surface area is 162 Å². The number of anilines is 1. The quantitative estimate of drug-likeness (QED) is 0.719. The molecule has 4 nitrogen and oxygen atoms in total. The van der Waals surface area contributed by atoms with Crippen molar-refractivity contribution in [2.45, 2.75) is 19.4 Å². The highest BCUT2D eigenvalue weighted by molar-refractivity contribution is 5.85. The van der Waals surface area contributed by atoms with Gasteiger partial charge in [0.2, 0.25) is 5.91 Å². The van der Waals surface area contributed by atoms with E-state index in [1.807, 2.05) is 66.5 Å². The van der Waals surface area contributed by atoms with Crippen LogP contribution < -0.4 is 11.1 Å². The first-order chi connectivity index (χ1) is 11.1. The van der Waals surface area contributed by atoms with Crippen LogP contribution in [0.3, 0.4) is 0 Å². The van der Waals surface area contributed by atoms with Gasteiger partial charge in [0.25, 0.3) is 0 Å². The summed E-state index contributed by atoms with van der Waals surface area (Å²) in [5.41, 5.74) is 8.62. The second kappa shape index (κ2) is 11.7. The van der Waals surface area contributed by atoms with Crippen molar-refractivity contribution in [3.8, 4) is 0 Å². The van der Waals surface area contributed by atoms with E-state index < -0.39 is 0 Å². The van der Waals surface area contributed by atoms with E-state index in [2.05, 4.69) is 12.2 Å². The fraction of sp³-hybridized carbons (Fsp3) is 0.316. The van der Waals surface area contributed by atoms with Crippen LogP contribution in [0.2, 0.25) is 0 Å². The summed E-state index contributed by atoms with van der Waals surface area (Å²) in [4.78, 5) is 14.7. The topological polar surface area (TPSA) is 58.4 Å². The zero-order valence-corrected chi connectivity index (χ0v) is 16.3. The first-order valence-corrected chi connectivity index (χ1v) is 7.99. The number of nitrogen functional groups attached to an aromatic ring is 1. The Morgan fingerprint density at radius 3 is 2.24 bits per heavy atom. The molecule has 0 aliphatic heterocycles. The van der Waals surface area contributed by atoms with Crippen molar-refractivity contribution in [3.63, 3.8) is 0 Å². The van der Waals surface area contributed by atoms with Gasteiger partial charge in [-0.1, -0.05) is 49.4 Å². The molecule has 2 rings (SSSR count). The molecule has 0 aliphatic rings. The van der Waals surface area contributed by atoms with Crippen molar-refractivity contribution in [2.75, 3.05) is 25.9 Å². The lowest BCUT2D eigenvalue weighted by Crippen LogP contribution is -2.39. The van der Waals surface area contributed by atoms with Crippen molar-refractivity contribution in [1.82, 2.24) is 10.2 Å². The molecule has 25 heavy (non-hydrogen) atoms. The van der Waals surface area contributed by atoms with Gasteiger partial charge in [-0.2, -0.15) is 0 Å². The Morgan fingerprint density at radius 2 is 1.68 bits per heavy atom. The van der Waals surface area contributed by atoms with Crippen LogP contribution in [0.1, 0.15) is 24.1 Å². The van der Waals surface area contributed by atoms with Gasteiger partial charge in [0.1, 0.15) is 6.04 Å². The third kappa shape index (κ3) is 6.94. The van der Waals surface area contributed by atoms with E-state index in [-0.39, 0.29) is 36.8 Å². The van der Waals surface area contributed by atoms with E-state index in [9.17, 15) is 4.79 Å². The molecule has 0 heterocycles.